The predicted molar refractivity (Wildman–Crippen MR) is 133 cm³/mol. The third-order valence-electron chi connectivity index (χ3n) is 5.24. The summed E-state index contributed by atoms with van der Waals surface area (Å²) in [7, 11) is 1.59. The number of nitrogens with one attached hydrogen (secondary N) is 1. The van der Waals surface area contributed by atoms with Crippen molar-refractivity contribution in [2.75, 3.05) is 19.0 Å². The van der Waals surface area contributed by atoms with Gasteiger partial charge in [0.2, 0.25) is 5.91 Å². The Kier molecular flexibility index (Phi) is 6.71. The number of carbonyl (C=O) groups is 1. The molecule has 33 heavy (non-hydrogen) atoms. The number of benzene rings is 3. The first kappa shape index (κ1) is 22.5. The Labute approximate surface area is 197 Å². The zero-order valence-corrected chi connectivity index (χ0v) is 19.4. The van der Waals surface area contributed by atoms with Gasteiger partial charge in [0.15, 0.2) is 0 Å². The molecule has 4 aromatic rings. The number of amides is 1. The smallest absolute Gasteiger partial charge is 0.248 e. The van der Waals surface area contributed by atoms with Crippen LogP contribution in [0.25, 0.3) is 27.7 Å². The Bertz CT molecular complexity index is 1320. The number of hydrogen-bond donors (Lipinski definition) is 1. The molecule has 5 nitrogen and oxygen atoms in total. The van der Waals surface area contributed by atoms with Crippen LogP contribution in [0.3, 0.4) is 0 Å². The number of carbonyl (C=O) groups excluding carboxylic acids is 1. The van der Waals surface area contributed by atoms with Crippen LogP contribution < -0.4 is 14.8 Å². The molecule has 4 rings (SSSR count). The number of anilines is 1. The van der Waals surface area contributed by atoms with Crippen LogP contribution in [0.2, 0.25) is 5.02 Å². The van der Waals surface area contributed by atoms with Crippen LogP contribution in [-0.2, 0) is 4.79 Å². The largest absolute Gasteiger partial charge is 0.497 e. The number of methoxy groups -OCH3 is 1. The lowest BCUT2D eigenvalue weighted by Gasteiger charge is -2.12. The highest BCUT2D eigenvalue weighted by atomic mass is 35.5. The molecule has 0 unspecified atom stereocenters. The van der Waals surface area contributed by atoms with Gasteiger partial charge in [-0.15, -0.1) is 0 Å². The molecule has 0 spiro atoms. The summed E-state index contributed by atoms with van der Waals surface area (Å²) in [6.45, 7) is 4.30. The van der Waals surface area contributed by atoms with E-state index < -0.39 is 0 Å². The Hall–Kier alpha value is -3.70. The van der Waals surface area contributed by atoms with Crippen molar-refractivity contribution >= 4 is 39.7 Å². The van der Waals surface area contributed by atoms with E-state index in [-0.39, 0.29) is 5.91 Å². The quantitative estimate of drug-likeness (QED) is 0.295. The third kappa shape index (κ3) is 5.04. The van der Waals surface area contributed by atoms with Crippen LogP contribution in [-0.4, -0.2) is 19.6 Å². The molecule has 3 aromatic carbocycles. The predicted octanol–water partition coefficient (Wildman–Crippen LogP) is 7.20. The van der Waals surface area contributed by atoms with E-state index in [2.05, 4.69) is 5.32 Å². The second kappa shape index (κ2) is 9.84. The van der Waals surface area contributed by atoms with Gasteiger partial charge in [0.05, 0.1) is 20.0 Å². The van der Waals surface area contributed by atoms with E-state index in [1.807, 2.05) is 68.4 Å². The van der Waals surface area contributed by atoms with E-state index >= 15 is 0 Å². The fourth-order valence-corrected chi connectivity index (χ4v) is 3.77. The van der Waals surface area contributed by atoms with Crippen LogP contribution in [0, 0.1) is 0 Å². The Balaban J connectivity index is 1.70. The van der Waals surface area contributed by atoms with Crippen molar-refractivity contribution < 1.29 is 18.7 Å². The Morgan fingerprint density at radius 2 is 1.91 bits per heavy atom. The summed E-state index contributed by atoms with van der Waals surface area (Å²) in [5.74, 6) is 1.09. The summed E-state index contributed by atoms with van der Waals surface area (Å²) >= 11 is 6.04. The van der Waals surface area contributed by atoms with Crippen molar-refractivity contribution in [1.82, 2.24) is 0 Å². The molecule has 1 N–H and O–H groups in total. The van der Waals surface area contributed by atoms with Crippen molar-refractivity contribution in [3.8, 4) is 22.6 Å². The molecule has 6 heteroatoms. The fraction of sp³-hybridized carbons (Fsp3) is 0.148. The van der Waals surface area contributed by atoms with Crippen LogP contribution in [0.5, 0.6) is 11.5 Å². The van der Waals surface area contributed by atoms with Crippen molar-refractivity contribution in [3.05, 3.63) is 83.6 Å². The Morgan fingerprint density at radius 3 is 2.64 bits per heavy atom. The Morgan fingerprint density at radius 1 is 1.12 bits per heavy atom. The maximum Gasteiger partial charge on any atom is 0.248 e. The van der Waals surface area contributed by atoms with Gasteiger partial charge in [-0.1, -0.05) is 29.8 Å². The summed E-state index contributed by atoms with van der Waals surface area (Å²) in [4.78, 5) is 12.7. The van der Waals surface area contributed by atoms with Gasteiger partial charge in [-0.05, 0) is 55.3 Å². The van der Waals surface area contributed by atoms with Crippen LogP contribution in [0.4, 0.5) is 5.69 Å². The molecular weight excluding hydrogens is 438 g/mol. The van der Waals surface area contributed by atoms with E-state index in [9.17, 15) is 4.79 Å². The molecule has 0 atom stereocenters. The van der Waals surface area contributed by atoms with Crippen molar-refractivity contribution in [1.29, 1.82) is 0 Å². The molecule has 0 bridgehead atoms. The van der Waals surface area contributed by atoms with Crippen molar-refractivity contribution in [3.63, 3.8) is 0 Å². The molecule has 0 saturated carbocycles. The monoisotopic (exact) mass is 461 g/mol. The third-order valence-corrected chi connectivity index (χ3v) is 5.49. The molecule has 1 aromatic heterocycles. The average Bonchev–Trinajstić information content (AvgIpc) is 3.22. The maximum absolute atomic E-state index is 12.7. The zero-order valence-electron chi connectivity index (χ0n) is 18.6. The minimum absolute atomic E-state index is 0.242. The summed E-state index contributed by atoms with van der Waals surface area (Å²) in [6.07, 6.45) is 3.28. The number of hydrogen-bond acceptors (Lipinski definition) is 4. The first-order chi connectivity index (χ1) is 16.0. The van der Waals surface area contributed by atoms with Gasteiger partial charge >= 0.3 is 0 Å². The van der Waals surface area contributed by atoms with Crippen molar-refractivity contribution in [2.24, 2.45) is 0 Å². The molecule has 0 fully saturated rings. The fourth-order valence-electron chi connectivity index (χ4n) is 3.64. The molecular formula is C27H24ClNO4. The first-order valence-electron chi connectivity index (χ1n) is 10.6. The number of fused-ring (bicyclic) bond motifs is 1. The van der Waals surface area contributed by atoms with Gasteiger partial charge in [0, 0.05) is 45.4 Å². The van der Waals surface area contributed by atoms with Crippen LogP contribution >= 0.6 is 11.6 Å². The van der Waals surface area contributed by atoms with Crippen molar-refractivity contribution in [2.45, 2.75) is 13.8 Å². The van der Waals surface area contributed by atoms with Gasteiger partial charge < -0.3 is 19.2 Å². The molecule has 0 saturated heterocycles. The lowest BCUT2D eigenvalue weighted by atomic mass is 9.99. The number of allylic oxidation sites excluding steroid dienone is 1. The topological polar surface area (TPSA) is 60.7 Å². The second-order valence-corrected chi connectivity index (χ2v) is 7.92. The highest BCUT2D eigenvalue weighted by Gasteiger charge is 2.15. The lowest BCUT2D eigenvalue weighted by Crippen LogP contribution is -2.08. The van der Waals surface area contributed by atoms with Gasteiger partial charge in [-0.25, -0.2) is 0 Å². The van der Waals surface area contributed by atoms with E-state index in [4.69, 9.17) is 25.5 Å². The van der Waals surface area contributed by atoms with Gasteiger partial charge in [-0.3, -0.25) is 4.79 Å². The average molecular weight is 462 g/mol. The van der Waals surface area contributed by atoms with Gasteiger partial charge in [0.1, 0.15) is 17.1 Å². The first-order valence-corrected chi connectivity index (χ1v) is 10.9. The molecule has 1 heterocycles. The van der Waals surface area contributed by atoms with Gasteiger partial charge in [-0.2, -0.15) is 0 Å². The highest BCUT2D eigenvalue weighted by Crippen LogP contribution is 2.37. The summed E-state index contributed by atoms with van der Waals surface area (Å²) in [5.41, 5.74) is 4.89. The molecule has 0 radical (unpaired) electrons. The lowest BCUT2D eigenvalue weighted by molar-refractivity contribution is -0.111. The minimum atomic E-state index is -0.242. The van der Waals surface area contributed by atoms with E-state index in [1.54, 1.807) is 25.5 Å². The van der Waals surface area contributed by atoms with Gasteiger partial charge in [0.25, 0.3) is 0 Å². The SMILES string of the molecule is CCOc1cc2occ(-c3ccc(Cl)cc3)c2cc1/C(C)=C/C(=O)Nc1cccc(OC)c1. The minimum Gasteiger partial charge on any atom is -0.497 e. The van der Waals surface area contributed by atoms with Crippen LogP contribution in [0.15, 0.2) is 77.4 Å². The number of ether oxygens (including phenoxy) is 2. The molecule has 0 aliphatic rings. The molecule has 168 valence electrons. The molecule has 1 amide bonds. The summed E-state index contributed by atoms with van der Waals surface area (Å²) in [6, 6.07) is 18.7. The summed E-state index contributed by atoms with van der Waals surface area (Å²) < 4.78 is 16.9. The van der Waals surface area contributed by atoms with E-state index in [0.717, 1.165) is 27.6 Å². The zero-order chi connectivity index (χ0) is 23.4. The van der Waals surface area contributed by atoms with E-state index in [0.29, 0.717) is 34.4 Å². The molecule has 0 aliphatic heterocycles. The number of rotatable bonds is 7. The standard InChI is InChI=1S/C27H24ClNO4/c1-4-32-25-15-26-23(24(16-33-26)18-8-10-19(28)11-9-18)14-22(25)17(2)12-27(30)29-20-6-5-7-21(13-20)31-3/h5-16H,4H2,1-3H3,(H,29,30)/b17-12+. The molecule has 0 aliphatic carbocycles. The number of furan rings is 1. The highest BCUT2D eigenvalue weighted by molar-refractivity contribution is 6.30. The summed E-state index contributed by atoms with van der Waals surface area (Å²) in [5, 5.41) is 4.48. The second-order valence-electron chi connectivity index (χ2n) is 7.48. The normalized spacial score (nSPS) is 11.5. The number of halogens is 1. The van der Waals surface area contributed by atoms with Crippen LogP contribution in [0.1, 0.15) is 19.4 Å². The van der Waals surface area contributed by atoms with E-state index in [1.165, 1.54) is 0 Å². The maximum atomic E-state index is 12.7.